The average molecular weight is 370 g/mol. The van der Waals surface area contributed by atoms with E-state index in [9.17, 15) is 14.3 Å². The van der Waals surface area contributed by atoms with E-state index < -0.39 is 5.60 Å². The topological polar surface area (TPSA) is 52.6 Å². The first-order valence-corrected chi connectivity index (χ1v) is 9.48. The van der Waals surface area contributed by atoms with Gasteiger partial charge in [-0.1, -0.05) is 36.4 Å². The van der Waals surface area contributed by atoms with Crippen LogP contribution in [0, 0.1) is 5.82 Å². The third-order valence-electron chi connectivity index (χ3n) is 5.28. The zero-order chi connectivity index (χ0) is 19.4. The molecule has 5 heteroatoms. The van der Waals surface area contributed by atoms with Gasteiger partial charge in [0, 0.05) is 13.1 Å². The first-order chi connectivity index (χ1) is 12.8. The molecular formula is C22H27FN2O2. The molecule has 2 aromatic rings. The second kappa shape index (κ2) is 8.09. The minimum absolute atomic E-state index is 0.0946. The fourth-order valence-corrected chi connectivity index (χ4v) is 3.43. The molecule has 1 fully saturated rings. The molecule has 1 heterocycles. The highest BCUT2D eigenvalue weighted by molar-refractivity contribution is 5.75. The van der Waals surface area contributed by atoms with Crippen LogP contribution in [0.3, 0.4) is 0 Å². The smallest absolute Gasteiger partial charge is 0.317 e. The van der Waals surface area contributed by atoms with Crippen LogP contribution >= 0.6 is 0 Å². The standard InChI is InChI=1S/C22H27FN2O2/c1-16(24-21(26)25-14-3-12-22(2,27)13-15-25)17-4-6-18(7-5-17)19-8-10-20(23)11-9-19/h4-11,16,27H,3,12-15H2,1-2H3,(H,24,26). The van der Waals surface area contributed by atoms with Gasteiger partial charge < -0.3 is 15.3 Å². The van der Waals surface area contributed by atoms with E-state index in [4.69, 9.17) is 0 Å². The Hall–Kier alpha value is -2.40. The maximum Gasteiger partial charge on any atom is 0.317 e. The Morgan fingerprint density at radius 3 is 2.30 bits per heavy atom. The number of rotatable bonds is 3. The van der Waals surface area contributed by atoms with Gasteiger partial charge in [-0.2, -0.15) is 0 Å². The van der Waals surface area contributed by atoms with E-state index in [0.29, 0.717) is 19.5 Å². The molecule has 4 nitrogen and oxygen atoms in total. The molecule has 0 bridgehead atoms. The van der Waals surface area contributed by atoms with Crippen LogP contribution in [0.15, 0.2) is 48.5 Å². The van der Waals surface area contributed by atoms with Crippen molar-refractivity contribution >= 4 is 6.03 Å². The van der Waals surface area contributed by atoms with Crippen molar-refractivity contribution < 1.29 is 14.3 Å². The minimum Gasteiger partial charge on any atom is -0.390 e. The van der Waals surface area contributed by atoms with E-state index in [0.717, 1.165) is 29.5 Å². The molecule has 0 aliphatic carbocycles. The summed E-state index contributed by atoms with van der Waals surface area (Å²) in [5.74, 6) is -0.248. The van der Waals surface area contributed by atoms with Crippen LogP contribution in [-0.4, -0.2) is 34.7 Å². The number of likely N-dealkylation sites (tertiary alicyclic amines) is 1. The molecule has 2 aromatic carbocycles. The van der Waals surface area contributed by atoms with Crippen LogP contribution in [0.4, 0.5) is 9.18 Å². The molecule has 27 heavy (non-hydrogen) atoms. The number of amides is 2. The Morgan fingerprint density at radius 1 is 1.07 bits per heavy atom. The fourth-order valence-electron chi connectivity index (χ4n) is 3.43. The zero-order valence-corrected chi connectivity index (χ0v) is 15.9. The molecule has 0 aromatic heterocycles. The average Bonchev–Trinajstić information content (AvgIpc) is 2.83. The number of benzene rings is 2. The van der Waals surface area contributed by atoms with Crippen LogP contribution in [-0.2, 0) is 0 Å². The first-order valence-electron chi connectivity index (χ1n) is 9.48. The lowest BCUT2D eigenvalue weighted by Gasteiger charge is -2.25. The van der Waals surface area contributed by atoms with Gasteiger partial charge in [-0.25, -0.2) is 9.18 Å². The Balaban J connectivity index is 1.61. The molecular weight excluding hydrogens is 343 g/mol. The van der Waals surface area contributed by atoms with Gasteiger partial charge in [-0.3, -0.25) is 0 Å². The second-order valence-electron chi connectivity index (χ2n) is 7.64. The van der Waals surface area contributed by atoms with Gasteiger partial charge in [0.05, 0.1) is 11.6 Å². The van der Waals surface area contributed by atoms with Crippen LogP contribution in [0.5, 0.6) is 0 Å². The van der Waals surface area contributed by atoms with Crippen molar-refractivity contribution in [3.63, 3.8) is 0 Å². The molecule has 2 unspecified atom stereocenters. The SMILES string of the molecule is CC(NC(=O)N1CCCC(C)(O)CC1)c1ccc(-c2ccc(F)cc2)cc1. The van der Waals surface area contributed by atoms with Crippen LogP contribution < -0.4 is 5.32 Å². The Morgan fingerprint density at radius 2 is 1.67 bits per heavy atom. The molecule has 0 spiro atoms. The van der Waals surface area contributed by atoms with Crippen molar-refractivity contribution in [3.8, 4) is 11.1 Å². The van der Waals surface area contributed by atoms with Crippen LogP contribution in [0.2, 0.25) is 0 Å². The summed E-state index contributed by atoms with van der Waals surface area (Å²) >= 11 is 0. The molecule has 1 saturated heterocycles. The number of carbonyl (C=O) groups is 1. The van der Waals surface area contributed by atoms with E-state index >= 15 is 0 Å². The van der Waals surface area contributed by atoms with Gasteiger partial charge in [0.25, 0.3) is 0 Å². The second-order valence-corrected chi connectivity index (χ2v) is 7.64. The van der Waals surface area contributed by atoms with E-state index in [2.05, 4.69) is 5.32 Å². The summed E-state index contributed by atoms with van der Waals surface area (Å²) in [4.78, 5) is 14.3. The number of halogens is 1. The van der Waals surface area contributed by atoms with Crippen molar-refractivity contribution in [1.82, 2.24) is 10.2 Å². The fraction of sp³-hybridized carbons (Fsp3) is 0.409. The third-order valence-corrected chi connectivity index (χ3v) is 5.28. The molecule has 1 aliphatic heterocycles. The molecule has 2 amide bonds. The normalized spacial score (nSPS) is 21.4. The highest BCUT2D eigenvalue weighted by Crippen LogP contribution is 2.24. The number of nitrogens with one attached hydrogen (secondary N) is 1. The monoisotopic (exact) mass is 370 g/mol. The summed E-state index contributed by atoms with van der Waals surface area (Å²) < 4.78 is 13.1. The molecule has 0 radical (unpaired) electrons. The van der Waals surface area contributed by atoms with Crippen LogP contribution in [0.25, 0.3) is 11.1 Å². The lowest BCUT2D eigenvalue weighted by atomic mass is 9.98. The van der Waals surface area contributed by atoms with Gasteiger partial charge in [0.2, 0.25) is 0 Å². The molecule has 144 valence electrons. The quantitative estimate of drug-likeness (QED) is 0.836. The van der Waals surface area contributed by atoms with Gasteiger partial charge in [-0.05, 0) is 61.9 Å². The highest BCUT2D eigenvalue weighted by atomic mass is 19.1. The number of hydrogen-bond donors (Lipinski definition) is 2. The number of hydrogen-bond acceptors (Lipinski definition) is 2. The molecule has 0 saturated carbocycles. The minimum atomic E-state index is -0.684. The van der Waals surface area contributed by atoms with Crippen molar-refractivity contribution in [2.45, 2.75) is 44.8 Å². The summed E-state index contributed by atoms with van der Waals surface area (Å²) in [6, 6.07) is 14.1. The lowest BCUT2D eigenvalue weighted by molar-refractivity contribution is 0.0456. The summed E-state index contributed by atoms with van der Waals surface area (Å²) in [6.45, 7) is 5.02. The Bertz CT molecular complexity index is 772. The number of carbonyl (C=O) groups excluding carboxylic acids is 1. The molecule has 2 N–H and O–H groups in total. The summed E-state index contributed by atoms with van der Waals surface area (Å²) in [6.07, 6.45) is 2.12. The van der Waals surface area contributed by atoms with Crippen molar-refractivity contribution in [3.05, 3.63) is 59.9 Å². The van der Waals surface area contributed by atoms with E-state index in [1.807, 2.05) is 38.1 Å². The largest absolute Gasteiger partial charge is 0.390 e. The Labute approximate surface area is 160 Å². The van der Waals surface area contributed by atoms with E-state index in [1.54, 1.807) is 17.0 Å². The zero-order valence-electron chi connectivity index (χ0n) is 15.9. The van der Waals surface area contributed by atoms with Crippen molar-refractivity contribution in [2.75, 3.05) is 13.1 Å². The predicted molar refractivity (Wildman–Crippen MR) is 105 cm³/mol. The maximum atomic E-state index is 13.1. The van der Waals surface area contributed by atoms with Crippen LogP contribution in [0.1, 0.15) is 44.7 Å². The number of nitrogens with zero attached hydrogens (tertiary/aromatic N) is 1. The first kappa shape index (κ1) is 19.4. The molecule has 2 atom stereocenters. The van der Waals surface area contributed by atoms with Crippen molar-refractivity contribution in [1.29, 1.82) is 0 Å². The summed E-state index contributed by atoms with van der Waals surface area (Å²) in [5.41, 5.74) is 2.29. The van der Waals surface area contributed by atoms with E-state index in [1.165, 1.54) is 12.1 Å². The number of aliphatic hydroxyl groups is 1. The third kappa shape index (κ3) is 5.07. The van der Waals surface area contributed by atoms with Gasteiger partial charge in [-0.15, -0.1) is 0 Å². The summed E-state index contributed by atoms with van der Waals surface area (Å²) in [5, 5.41) is 13.2. The van der Waals surface area contributed by atoms with Crippen molar-refractivity contribution in [2.24, 2.45) is 0 Å². The maximum absolute atomic E-state index is 13.1. The Kier molecular flexibility index (Phi) is 5.80. The molecule has 1 aliphatic rings. The van der Waals surface area contributed by atoms with Gasteiger partial charge in [0.1, 0.15) is 5.82 Å². The van der Waals surface area contributed by atoms with Gasteiger partial charge in [0.15, 0.2) is 0 Å². The molecule has 3 rings (SSSR count). The number of urea groups is 1. The predicted octanol–water partition coefficient (Wildman–Crippen LogP) is 4.50. The lowest BCUT2D eigenvalue weighted by Crippen LogP contribution is -2.42. The summed E-state index contributed by atoms with van der Waals surface area (Å²) in [7, 11) is 0. The van der Waals surface area contributed by atoms with E-state index in [-0.39, 0.29) is 17.9 Å². The highest BCUT2D eigenvalue weighted by Gasteiger charge is 2.27. The van der Waals surface area contributed by atoms with Gasteiger partial charge >= 0.3 is 6.03 Å².